The van der Waals surface area contributed by atoms with Crippen LogP contribution in [0.25, 0.3) is 11.0 Å². The number of rotatable bonds is 4. The fourth-order valence-electron chi connectivity index (χ4n) is 2.93. The molecule has 1 aromatic heterocycles. The second kappa shape index (κ2) is 6.48. The number of β-amino-alcohol motifs (C(OH)–C–C–N with tert-alkyl or cyclic N) is 1. The molecule has 1 unspecified atom stereocenters. The van der Waals surface area contributed by atoms with Crippen molar-refractivity contribution in [2.24, 2.45) is 5.73 Å². The molecule has 1 saturated heterocycles. The topological polar surface area (TPSA) is 124 Å². The number of aromatic nitrogens is 2. The molecule has 24 heavy (non-hydrogen) atoms. The Morgan fingerprint density at radius 2 is 2.21 bits per heavy atom. The van der Waals surface area contributed by atoms with Gasteiger partial charge in [0.2, 0.25) is 0 Å². The number of fused-ring (bicyclic) bond motifs is 1. The smallest absolute Gasteiger partial charge is 0.317 e. The quantitative estimate of drug-likeness (QED) is 0.635. The zero-order chi connectivity index (χ0) is 17.2. The molecule has 0 radical (unpaired) electrons. The fraction of sp³-hybridized carbons (Fsp3) is 0.438. The number of imidazole rings is 1. The first-order valence-corrected chi connectivity index (χ1v) is 7.97. The van der Waals surface area contributed by atoms with E-state index in [-0.39, 0.29) is 19.0 Å². The Hall–Kier alpha value is -2.61. The molecule has 0 saturated carbocycles. The molecule has 8 nitrogen and oxygen atoms in total. The van der Waals surface area contributed by atoms with E-state index in [0.717, 1.165) is 16.9 Å². The molecule has 1 atom stereocenters. The van der Waals surface area contributed by atoms with Crippen molar-refractivity contribution >= 4 is 23.0 Å². The van der Waals surface area contributed by atoms with E-state index in [9.17, 15) is 14.7 Å². The highest BCUT2D eigenvalue weighted by Crippen LogP contribution is 2.20. The molecule has 128 valence electrons. The maximum Gasteiger partial charge on any atom is 0.317 e. The molecule has 3 amide bonds. The number of carbonyl (C=O) groups is 2. The second-order valence-corrected chi connectivity index (χ2v) is 6.10. The molecule has 2 heterocycles. The number of aromatic amines is 1. The number of urea groups is 1. The lowest BCUT2D eigenvalue weighted by molar-refractivity contribution is -0.140. The average molecular weight is 331 g/mol. The van der Waals surface area contributed by atoms with Crippen molar-refractivity contribution in [1.82, 2.24) is 20.2 Å². The minimum Gasteiger partial charge on any atom is -0.378 e. The Balaban J connectivity index is 1.52. The minimum atomic E-state index is -1.63. The number of hydrogen-bond acceptors (Lipinski definition) is 4. The summed E-state index contributed by atoms with van der Waals surface area (Å²) in [6.45, 7) is 0.828. The number of hydrogen-bond donors (Lipinski definition) is 4. The van der Waals surface area contributed by atoms with Gasteiger partial charge in [0, 0.05) is 19.5 Å². The van der Waals surface area contributed by atoms with Gasteiger partial charge in [-0.1, -0.05) is 12.1 Å². The fourth-order valence-corrected chi connectivity index (χ4v) is 2.93. The van der Waals surface area contributed by atoms with E-state index in [4.69, 9.17) is 5.73 Å². The molecule has 1 fully saturated rings. The maximum atomic E-state index is 12.2. The van der Waals surface area contributed by atoms with Crippen LogP contribution in [-0.4, -0.2) is 57.1 Å². The third-order valence-corrected chi connectivity index (χ3v) is 4.29. The predicted octanol–water partition coefficient (Wildman–Crippen LogP) is 0.127. The Bertz CT molecular complexity index is 726. The molecule has 3 rings (SSSR count). The van der Waals surface area contributed by atoms with Crippen molar-refractivity contribution in [2.75, 3.05) is 19.6 Å². The number of likely N-dealkylation sites (tertiary alicyclic amines) is 1. The van der Waals surface area contributed by atoms with Crippen molar-refractivity contribution in [1.29, 1.82) is 0 Å². The Kier molecular flexibility index (Phi) is 4.39. The lowest BCUT2D eigenvalue weighted by atomic mass is 9.92. The van der Waals surface area contributed by atoms with Crippen molar-refractivity contribution in [3.05, 3.63) is 30.1 Å². The number of carbonyl (C=O) groups excluding carboxylic acids is 2. The average Bonchev–Trinajstić information content (AvgIpc) is 2.97. The summed E-state index contributed by atoms with van der Waals surface area (Å²) in [6, 6.07) is 7.41. The highest BCUT2D eigenvalue weighted by Gasteiger charge is 2.40. The van der Waals surface area contributed by atoms with Crippen molar-refractivity contribution < 1.29 is 14.7 Å². The number of nitrogens with two attached hydrogens (primary N) is 1. The lowest BCUT2D eigenvalue weighted by Crippen LogP contribution is -2.58. The van der Waals surface area contributed by atoms with Crippen LogP contribution in [-0.2, 0) is 11.2 Å². The largest absolute Gasteiger partial charge is 0.378 e. The van der Waals surface area contributed by atoms with Crippen molar-refractivity contribution in [3.8, 4) is 0 Å². The molecule has 1 aliphatic heterocycles. The molecule has 0 bridgehead atoms. The van der Waals surface area contributed by atoms with E-state index >= 15 is 0 Å². The van der Waals surface area contributed by atoms with Gasteiger partial charge in [0.05, 0.1) is 17.6 Å². The van der Waals surface area contributed by atoms with Gasteiger partial charge in [-0.05, 0) is 25.0 Å². The zero-order valence-electron chi connectivity index (χ0n) is 13.3. The Morgan fingerprint density at radius 1 is 1.42 bits per heavy atom. The van der Waals surface area contributed by atoms with Crippen LogP contribution in [0.2, 0.25) is 0 Å². The predicted molar refractivity (Wildman–Crippen MR) is 88.1 cm³/mol. The third-order valence-electron chi connectivity index (χ3n) is 4.29. The van der Waals surface area contributed by atoms with Crippen molar-refractivity contribution in [2.45, 2.75) is 24.9 Å². The van der Waals surface area contributed by atoms with Gasteiger partial charge in [-0.15, -0.1) is 0 Å². The molecular weight excluding hydrogens is 310 g/mol. The number of H-pyrrole nitrogens is 1. The van der Waals surface area contributed by atoms with Gasteiger partial charge >= 0.3 is 6.03 Å². The molecule has 0 spiro atoms. The van der Waals surface area contributed by atoms with Crippen LogP contribution in [0.3, 0.4) is 0 Å². The van der Waals surface area contributed by atoms with Gasteiger partial charge in [0.1, 0.15) is 5.82 Å². The molecule has 5 N–H and O–H groups in total. The summed E-state index contributed by atoms with van der Waals surface area (Å²) in [4.78, 5) is 32.6. The molecule has 1 aliphatic rings. The third kappa shape index (κ3) is 3.33. The summed E-state index contributed by atoms with van der Waals surface area (Å²) in [7, 11) is 0. The highest BCUT2D eigenvalue weighted by atomic mass is 16.3. The van der Waals surface area contributed by atoms with Crippen LogP contribution < -0.4 is 11.1 Å². The maximum absolute atomic E-state index is 12.2. The van der Waals surface area contributed by atoms with E-state index in [1.807, 2.05) is 24.3 Å². The van der Waals surface area contributed by atoms with Crippen LogP contribution in [0.5, 0.6) is 0 Å². The number of primary amides is 1. The van der Waals surface area contributed by atoms with Gasteiger partial charge < -0.3 is 26.0 Å². The first-order chi connectivity index (χ1) is 11.5. The molecule has 1 aromatic carbocycles. The van der Waals surface area contributed by atoms with Crippen LogP contribution in [0.15, 0.2) is 24.3 Å². The number of aliphatic hydroxyl groups is 1. The van der Waals surface area contributed by atoms with Gasteiger partial charge in [-0.3, -0.25) is 4.79 Å². The number of benzene rings is 1. The molecule has 2 aromatic rings. The van der Waals surface area contributed by atoms with E-state index < -0.39 is 11.5 Å². The number of nitrogens with one attached hydrogen (secondary N) is 2. The molecule has 0 aliphatic carbocycles. The monoisotopic (exact) mass is 331 g/mol. The van der Waals surface area contributed by atoms with Crippen LogP contribution in [0.1, 0.15) is 18.7 Å². The van der Waals surface area contributed by atoms with E-state index in [2.05, 4.69) is 15.3 Å². The van der Waals surface area contributed by atoms with Gasteiger partial charge in [0.15, 0.2) is 5.60 Å². The number of amides is 3. The molecule has 8 heteroatoms. The summed E-state index contributed by atoms with van der Waals surface area (Å²) >= 11 is 0. The molecular formula is C16H21N5O3. The zero-order valence-corrected chi connectivity index (χ0v) is 13.3. The van der Waals surface area contributed by atoms with Crippen molar-refractivity contribution in [3.63, 3.8) is 0 Å². The van der Waals surface area contributed by atoms with E-state index in [1.54, 1.807) is 0 Å². The first kappa shape index (κ1) is 16.3. The van der Waals surface area contributed by atoms with Crippen LogP contribution in [0, 0.1) is 0 Å². The van der Waals surface area contributed by atoms with Gasteiger partial charge in [-0.25, -0.2) is 9.78 Å². The lowest BCUT2D eigenvalue weighted by Gasteiger charge is -2.36. The van der Waals surface area contributed by atoms with Gasteiger partial charge in [0.25, 0.3) is 5.91 Å². The van der Waals surface area contributed by atoms with E-state index in [0.29, 0.717) is 25.9 Å². The Morgan fingerprint density at radius 3 is 2.96 bits per heavy atom. The van der Waals surface area contributed by atoms with Gasteiger partial charge in [-0.2, -0.15) is 0 Å². The second-order valence-electron chi connectivity index (χ2n) is 6.10. The number of nitrogens with zero attached hydrogens (tertiary/aromatic N) is 2. The normalized spacial score (nSPS) is 21.0. The summed E-state index contributed by atoms with van der Waals surface area (Å²) in [5.41, 5.74) is 5.44. The van der Waals surface area contributed by atoms with Crippen LogP contribution in [0.4, 0.5) is 4.79 Å². The summed E-state index contributed by atoms with van der Waals surface area (Å²) < 4.78 is 0. The first-order valence-electron chi connectivity index (χ1n) is 7.97. The standard InChI is InChI=1S/C16H21N5O3/c17-14(22)16(24)7-3-9-21(10-16)15(23)18-8-6-13-19-11-4-1-2-5-12(11)20-13/h1-2,4-5,24H,3,6-10H2,(H2,17,22)(H,18,23)(H,19,20). The number of para-hydroxylation sites is 2. The SMILES string of the molecule is NC(=O)C1(O)CCCN(C(=O)NCCc2nc3ccccc3[nH]2)C1. The van der Waals surface area contributed by atoms with E-state index in [1.165, 1.54) is 4.90 Å². The van der Waals surface area contributed by atoms with Crippen LogP contribution >= 0.6 is 0 Å². The summed E-state index contributed by atoms with van der Waals surface area (Å²) in [5.74, 6) is 0.00561. The summed E-state index contributed by atoms with van der Waals surface area (Å²) in [6.07, 6.45) is 1.38. The highest BCUT2D eigenvalue weighted by molar-refractivity contribution is 5.85. The Labute approximate surface area is 139 Å². The minimum absolute atomic E-state index is 0.0706. The summed E-state index contributed by atoms with van der Waals surface area (Å²) in [5, 5.41) is 12.9. The number of piperidine rings is 1.